The average molecular weight is 375 g/mol. The van der Waals surface area contributed by atoms with Crippen molar-refractivity contribution in [2.45, 2.75) is 20.4 Å². The van der Waals surface area contributed by atoms with Gasteiger partial charge in [0.2, 0.25) is 0 Å². The standard InChI is InChI=1S/C17H18Cl3NO2/c1-3-22-16-8-11(7-15(20)17(16)23-4-2)10-21-12-5-6-13(18)14(19)9-12/h5-9,21H,3-4,10H2,1-2H3. The molecule has 0 spiro atoms. The molecule has 0 saturated heterocycles. The Bertz CT molecular complexity index is 677. The first kappa shape index (κ1) is 18.1. The molecule has 6 heteroatoms. The molecule has 0 aromatic heterocycles. The molecule has 2 rings (SSSR count). The molecule has 2 aromatic carbocycles. The Balaban J connectivity index is 2.17. The predicted octanol–water partition coefficient (Wildman–Crippen LogP) is 6.06. The second-order valence-electron chi connectivity index (χ2n) is 4.75. The van der Waals surface area contributed by atoms with Crippen molar-refractivity contribution in [1.82, 2.24) is 0 Å². The van der Waals surface area contributed by atoms with Crippen LogP contribution >= 0.6 is 34.8 Å². The van der Waals surface area contributed by atoms with Gasteiger partial charge in [0.1, 0.15) is 0 Å². The lowest BCUT2D eigenvalue weighted by molar-refractivity contribution is 0.287. The number of halogens is 3. The number of benzene rings is 2. The Morgan fingerprint density at radius 2 is 1.61 bits per heavy atom. The van der Waals surface area contributed by atoms with Gasteiger partial charge < -0.3 is 14.8 Å². The van der Waals surface area contributed by atoms with Crippen LogP contribution in [0.3, 0.4) is 0 Å². The first-order valence-electron chi connectivity index (χ1n) is 7.32. The van der Waals surface area contributed by atoms with Gasteiger partial charge in [0.15, 0.2) is 11.5 Å². The summed E-state index contributed by atoms with van der Waals surface area (Å²) in [6.45, 7) is 5.47. The van der Waals surface area contributed by atoms with Gasteiger partial charge in [0.05, 0.1) is 28.3 Å². The van der Waals surface area contributed by atoms with E-state index < -0.39 is 0 Å². The Hall–Kier alpha value is -1.29. The fraction of sp³-hybridized carbons (Fsp3) is 0.294. The second kappa shape index (κ2) is 8.53. The maximum Gasteiger partial charge on any atom is 0.179 e. The third-order valence-electron chi connectivity index (χ3n) is 3.07. The number of rotatable bonds is 7. The Kier molecular flexibility index (Phi) is 6.70. The zero-order valence-corrected chi connectivity index (χ0v) is 15.2. The molecule has 23 heavy (non-hydrogen) atoms. The number of hydrogen-bond acceptors (Lipinski definition) is 3. The third-order valence-corrected chi connectivity index (χ3v) is 4.09. The van der Waals surface area contributed by atoms with Gasteiger partial charge in [-0.1, -0.05) is 34.8 Å². The van der Waals surface area contributed by atoms with E-state index in [0.29, 0.717) is 46.3 Å². The number of ether oxygens (including phenoxy) is 2. The van der Waals surface area contributed by atoms with Crippen molar-refractivity contribution in [2.24, 2.45) is 0 Å². The van der Waals surface area contributed by atoms with Gasteiger partial charge in [-0.3, -0.25) is 0 Å². The Morgan fingerprint density at radius 3 is 2.26 bits per heavy atom. The van der Waals surface area contributed by atoms with Crippen molar-refractivity contribution < 1.29 is 9.47 Å². The minimum atomic E-state index is 0.511. The molecular formula is C17H18Cl3NO2. The van der Waals surface area contributed by atoms with E-state index in [-0.39, 0.29) is 0 Å². The molecule has 124 valence electrons. The van der Waals surface area contributed by atoms with Crippen molar-refractivity contribution in [3.05, 3.63) is 51.0 Å². The fourth-order valence-electron chi connectivity index (χ4n) is 2.08. The van der Waals surface area contributed by atoms with E-state index in [9.17, 15) is 0 Å². The topological polar surface area (TPSA) is 30.5 Å². The van der Waals surface area contributed by atoms with Crippen LogP contribution in [0, 0.1) is 0 Å². The van der Waals surface area contributed by atoms with Crippen molar-refractivity contribution >= 4 is 40.5 Å². The third kappa shape index (κ3) is 4.84. The van der Waals surface area contributed by atoms with Crippen molar-refractivity contribution in [2.75, 3.05) is 18.5 Å². The summed E-state index contributed by atoms with van der Waals surface area (Å²) in [6.07, 6.45) is 0. The molecule has 0 radical (unpaired) electrons. The molecule has 0 atom stereocenters. The fourth-order valence-corrected chi connectivity index (χ4v) is 2.67. The first-order valence-corrected chi connectivity index (χ1v) is 8.45. The van der Waals surface area contributed by atoms with Gasteiger partial charge in [0, 0.05) is 12.2 Å². The summed E-state index contributed by atoms with van der Waals surface area (Å²) in [5, 5.41) is 4.85. The lowest BCUT2D eigenvalue weighted by atomic mass is 10.2. The summed E-state index contributed by atoms with van der Waals surface area (Å²) in [5.41, 5.74) is 1.86. The van der Waals surface area contributed by atoms with E-state index >= 15 is 0 Å². The van der Waals surface area contributed by atoms with Crippen molar-refractivity contribution in [3.8, 4) is 11.5 Å². The maximum atomic E-state index is 6.31. The molecule has 0 bridgehead atoms. The largest absolute Gasteiger partial charge is 0.490 e. The second-order valence-corrected chi connectivity index (χ2v) is 5.97. The highest BCUT2D eigenvalue weighted by molar-refractivity contribution is 6.42. The van der Waals surface area contributed by atoms with Gasteiger partial charge in [-0.15, -0.1) is 0 Å². The number of hydrogen-bond donors (Lipinski definition) is 1. The Morgan fingerprint density at radius 1 is 0.870 bits per heavy atom. The van der Waals surface area contributed by atoms with Gasteiger partial charge in [-0.2, -0.15) is 0 Å². The van der Waals surface area contributed by atoms with E-state index in [1.807, 2.05) is 32.0 Å². The normalized spacial score (nSPS) is 10.5. The molecule has 0 heterocycles. The molecular weight excluding hydrogens is 357 g/mol. The molecule has 0 fully saturated rings. The summed E-state index contributed by atoms with van der Waals surface area (Å²) in [4.78, 5) is 0. The minimum absolute atomic E-state index is 0.511. The predicted molar refractivity (Wildman–Crippen MR) is 97.6 cm³/mol. The van der Waals surface area contributed by atoms with Crippen LogP contribution in [0.5, 0.6) is 11.5 Å². The van der Waals surface area contributed by atoms with Crippen LogP contribution < -0.4 is 14.8 Å². The molecule has 0 saturated carbocycles. The SMILES string of the molecule is CCOc1cc(CNc2ccc(Cl)c(Cl)c2)cc(Cl)c1OCC. The van der Waals surface area contributed by atoms with Gasteiger partial charge >= 0.3 is 0 Å². The molecule has 0 amide bonds. The van der Waals surface area contributed by atoms with Crippen molar-refractivity contribution in [1.29, 1.82) is 0 Å². The van der Waals surface area contributed by atoms with Crippen LogP contribution in [0.1, 0.15) is 19.4 Å². The first-order chi connectivity index (χ1) is 11.0. The highest BCUT2D eigenvalue weighted by Crippen LogP contribution is 2.37. The number of nitrogens with one attached hydrogen (secondary N) is 1. The number of anilines is 1. The molecule has 1 N–H and O–H groups in total. The summed E-state index contributed by atoms with van der Waals surface area (Å²) in [7, 11) is 0. The smallest absolute Gasteiger partial charge is 0.179 e. The lowest BCUT2D eigenvalue weighted by Gasteiger charge is -2.15. The average Bonchev–Trinajstić information content (AvgIpc) is 2.52. The molecule has 2 aromatic rings. The van der Waals surface area contributed by atoms with Gasteiger partial charge in [-0.05, 0) is 49.7 Å². The maximum absolute atomic E-state index is 6.31. The van der Waals surface area contributed by atoms with E-state index in [2.05, 4.69) is 5.32 Å². The zero-order chi connectivity index (χ0) is 16.8. The van der Waals surface area contributed by atoms with E-state index in [1.54, 1.807) is 12.1 Å². The molecule has 3 nitrogen and oxygen atoms in total. The zero-order valence-electron chi connectivity index (χ0n) is 13.0. The summed E-state index contributed by atoms with van der Waals surface area (Å²) in [6, 6.07) is 9.19. The van der Waals surface area contributed by atoms with Crippen LogP contribution in [-0.4, -0.2) is 13.2 Å². The molecule has 0 aliphatic heterocycles. The van der Waals surface area contributed by atoms with Crippen molar-refractivity contribution in [3.63, 3.8) is 0 Å². The summed E-state index contributed by atoms with van der Waals surface area (Å²) >= 11 is 18.2. The van der Waals surface area contributed by atoms with Crippen LogP contribution in [0.15, 0.2) is 30.3 Å². The molecule has 0 unspecified atom stereocenters. The van der Waals surface area contributed by atoms with E-state index in [1.165, 1.54) is 0 Å². The highest BCUT2D eigenvalue weighted by atomic mass is 35.5. The van der Waals surface area contributed by atoms with E-state index in [0.717, 1.165) is 11.3 Å². The van der Waals surface area contributed by atoms with Crippen LogP contribution in [0.2, 0.25) is 15.1 Å². The monoisotopic (exact) mass is 373 g/mol. The summed E-state index contributed by atoms with van der Waals surface area (Å²) in [5.74, 6) is 1.22. The van der Waals surface area contributed by atoms with Crippen LogP contribution in [0.25, 0.3) is 0 Å². The van der Waals surface area contributed by atoms with E-state index in [4.69, 9.17) is 44.3 Å². The van der Waals surface area contributed by atoms with Crippen LogP contribution in [-0.2, 0) is 6.54 Å². The Labute approximate surface area is 151 Å². The van der Waals surface area contributed by atoms with Gasteiger partial charge in [0.25, 0.3) is 0 Å². The molecule has 0 aliphatic carbocycles. The molecule has 0 aliphatic rings. The minimum Gasteiger partial charge on any atom is -0.490 e. The lowest BCUT2D eigenvalue weighted by Crippen LogP contribution is -2.03. The highest BCUT2D eigenvalue weighted by Gasteiger charge is 2.12. The van der Waals surface area contributed by atoms with Crippen LogP contribution in [0.4, 0.5) is 5.69 Å². The summed E-state index contributed by atoms with van der Waals surface area (Å²) < 4.78 is 11.2. The van der Waals surface area contributed by atoms with Gasteiger partial charge in [-0.25, -0.2) is 0 Å². The quantitative estimate of drug-likeness (QED) is 0.639.